The molecule has 0 bridgehead atoms. The van der Waals surface area contributed by atoms with E-state index in [1.54, 1.807) is 13.8 Å². The lowest BCUT2D eigenvalue weighted by atomic mass is 10.1. The molecule has 7 heteroatoms. The van der Waals surface area contributed by atoms with Crippen molar-refractivity contribution in [3.8, 4) is 0 Å². The van der Waals surface area contributed by atoms with Crippen LogP contribution in [0.3, 0.4) is 0 Å². The van der Waals surface area contributed by atoms with E-state index in [0.29, 0.717) is 0 Å². The molecule has 0 spiro atoms. The van der Waals surface area contributed by atoms with Crippen LogP contribution in [-0.4, -0.2) is 40.0 Å². The van der Waals surface area contributed by atoms with Crippen molar-refractivity contribution >= 4 is 23.2 Å². The van der Waals surface area contributed by atoms with Crippen LogP contribution in [0, 0.1) is 10.1 Å². The second kappa shape index (κ2) is 5.54. The number of rotatable bonds is 4. The van der Waals surface area contributed by atoms with E-state index in [4.69, 9.17) is 11.6 Å². The molecular formula is C12H15ClN2O4. The van der Waals surface area contributed by atoms with Crippen LogP contribution in [0.15, 0.2) is 18.2 Å². The molecule has 0 fully saturated rings. The van der Waals surface area contributed by atoms with E-state index < -0.39 is 22.1 Å². The number of carbonyl (C=O) groups excluding carboxylic acids is 1. The molecule has 0 aliphatic carbocycles. The normalized spacial score (nSPS) is 11.2. The summed E-state index contributed by atoms with van der Waals surface area (Å²) in [4.78, 5) is 23.6. The molecule has 1 amide bonds. The number of aliphatic hydroxyl groups is 1. The van der Waals surface area contributed by atoms with Crippen LogP contribution in [0.4, 0.5) is 5.69 Å². The Balaban J connectivity index is 3.13. The third-order valence-electron chi connectivity index (χ3n) is 2.37. The largest absolute Gasteiger partial charge is 0.389 e. The molecule has 1 N–H and O–H groups in total. The van der Waals surface area contributed by atoms with Crippen molar-refractivity contribution < 1.29 is 14.8 Å². The van der Waals surface area contributed by atoms with Gasteiger partial charge in [-0.2, -0.15) is 0 Å². The van der Waals surface area contributed by atoms with Gasteiger partial charge in [-0.3, -0.25) is 14.9 Å². The summed E-state index contributed by atoms with van der Waals surface area (Å²) in [5.74, 6) is -0.559. The molecule has 0 aliphatic rings. The molecule has 0 radical (unpaired) electrons. The van der Waals surface area contributed by atoms with Gasteiger partial charge in [0.1, 0.15) is 10.6 Å². The summed E-state index contributed by atoms with van der Waals surface area (Å²) in [6.45, 7) is 3.14. The fourth-order valence-corrected chi connectivity index (χ4v) is 1.97. The molecule has 104 valence electrons. The maximum absolute atomic E-state index is 12.2. The minimum absolute atomic E-state index is 0.0511. The Morgan fingerprint density at radius 2 is 2.11 bits per heavy atom. The standard InChI is InChI=1S/C12H15ClN2O4/c1-12(2,17)7-14(3)11(16)8-5-4-6-9(13)10(8)15(18)19/h4-6,17H,7H2,1-3H3. The van der Waals surface area contributed by atoms with Gasteiger partial charge in [-0.25, -0.2) is 0 Å². The molecule has 6 nitrogen and oxygen atoms in total. The summed E-state index contributed by atoms with van der Waals surface area (Å²) in [6, 6.07) is 4.17. The zero-order valence-electron chi connectivity index (χ0n) is 10.9. The molecule has 1 aromatic rings. The van der Waals surface area contributed by atoms with E-state index in [0.717, 1.165) is 0 Å². The summed E-state index contributed by atoms with van der Waals surface area (Å²) < 4.78 is 0. The van der Waals surface area contributed by atoms with E-state index in [-0.39, 0.29) is 17.1 Å². The molecule has 1 aromatic carbocycles. The SMILES string of the molecule is CN(CC(C)(C)O)C(=O)c1cccc(Cl)c1[N+](=O)[O-]. The second-order valence-corrected chi connectivity index (χ2v) is 5.27. The summed E-state index contributed by atoms with van der Waals surface area (Å²) >= 11 is 5.74. The van der Waals surface area contributed by atoms with E-state index in [1.807, 2.05) is 0 Å². The molecule has 19 heavy (non-hydrogen) atoms. The third-order valence-corrected chi connectivity index (χ3v) is 2.68. The molecule has 1 rings (SSSR count). The summed E-state index contributed by atoms with van der Waals surface area (Å²) in [6.07, 6.45) is 0. The highest BCUT2D eigenvalue weighted by molar-refractivity contribution is 6.33. The average molecular weight is 287 g/mol. The monoisotopic (exact) mass is 286 g/mol. The molecule has 0 saturated heterocycles. The van der Waals surface area contributed by atoms with Crippen molar-refractivity contribution in [2.45, 2.75) is 19.4 Å². The van der Waals surface area contributed by atoms with Crippen LogP contribution >= 0.6 is 11.6 Å². The fourth-order valence-electron chi connectivity index (χ4n) is 1.73. The first kappa shape index (κ1) is 15.4. The number of nitro benzene ring substituents is 1. The van der Waals surface area contributed by atoms with Gasteiger partial charge in [0, 0.05) is 13.6 Å². The van der Waals surface area contributed by atoms with Crippen LogP contribution in [-0.2, 0) is 0 Å². The number of halogens is 1. The first-order chi connectivity index (χ1) is 8.63. The number of carbonyl (C=O) groups is 1. The molecule has 0 aliphatic heterocycles. The summed E-state index contributed by atoms with van der Waals surface area (Å²) in [5, 5.41) is 20.5. The van der Waals surface area contributed by atoms with Gasteiger partial charge in [0.25, 0.3) is 5.91 Å². The Labute approximate surface area is 115 Å². The molecule has 0 unspecified atom stereocenters. The van der Waals surface area contributed by atoms with Gasteiger partial charge >= 0.3 is 5.69 Å². The molecule has 0 saturated carbocycles. The molecule has 0 aromatic heterocycles. The summed E-state index contributed by atoms with van der Waals surface area (Å²) in [5.41, 5.74) is -1.60. The second-order valence-electron chi connectivity index (χ2n) is 4.87. The minimum Gasteiger partial charge on any atom is -0.389 e. The highest BCUT2D eigenvalue weighted by Gasteiger charge is 2.27. The van der Waals surface area contributed by atoms with E-state index in [1.165, 1.54) is 30.1 Å². The fraction of sp³-hybridized carbons (Fsp3) is 0.417. The Kier molecular flexibility index (Phi) is 4.49. The highest BCUT2D eigenvalue weighted by Crippen LogP contribution is 2.29. The van der Waals surface area contributed by atoms with Crippen molar-refractivity contribution in [2.75, 3.05) is 13.6 Å². The molecular weight excluding hydrogens is 272 g/mol. The van der Waals surface area contributed by atoms with Gasteiger partial charge < -0.3 is 10.0 Å². The van der Waals surface area contributed by atoms with E-state index in [2.05, 4.69) is 0 Å². The quantitative estimate of drug-likeness (QED) is 0.678. The lowest BCUT2D eigenvalue weighted by Crippen LogP contribution is -2.39. The van der Waals surface area contributed by atoms with Gasteiger partial charge in [-0.15, -0.1) is 0 Å². The maximum Gasteiger partial charge on any atom is 0.300 e. The van der Waals surface area contributed by atoms with Crippen LogP contribution in [0.25, 0.3) is 0 Å². The van der Waals surface area contributed by atoms with Gasteiger partial charge in [-0.05, 0) is 26.0 Å². The van der Waals surface area contributed by atoms with Crippen LogP contribution in [0.1, 0.15) is 24.2 Å². The minimum atomic E-state index is -1.09. The Morgan fingerprint density at radius 1 is 1.53 bits per heavy atom. The lowest BCUT2D eigenvalue weighted by Gasteiger charge is -2.25. The number of para-hydroxylation sites is 1. The Morgan fingerprint density at radius 3 is 2.58 bits per heavy atom. The Hall–Kier alpha value is -1.66. The number of amides is 1. The number of benzene rings is 1. The molecule has 0 atom stereocenters. The van der Waals surface area contributed by atoms with Gasteiger partial charge in [-0.1, -0.05) is 17.7 Å². The smallest absolute Gasteiger partial charge is 0.300 e. The number of nitro groups is 1. The lowest BCUT2D eigenvalue weighted by molar-refractivity contribution is -0.385. The first-order valence-corrected chi connectivity index (χ1v) is 5.92. The van der Waals surface area contributed by atoms with Gasteiger partial charge in [0.15, 0.2) is 0 Å². The maximum atomic E-state index is 12.2. The number of hydrogen-bond acceptors (Lipinski definition) is 4. The van der Waals surface area contributed by atoms with Crippen LogP contribution < -0.4 is 0 Å². The van der Waals surface area contributed by atoms with Crippen molar-refractivity contribution in [1.29, 1.82) is 0 Å². The zero-order valence-corrected chi connectivity index (χ0v) is 11.6. The summed E-state index contributed by atoms with van der Waals surface area (Å²) in [7, 11) is 1.46. The van der Waals surface area contributed by atoms with Crippen molar-refractivity contribution in [2.24, 2.45) is 0 Å². The molecule has 0 heterocycles. The van der Waals surface area contributed by atoms with E-state index in [9.17, 15) is 20.0 Å². The van der Waals surface area contributed by atoms with Gasteiger partial charge in [0.05, 0.1) is 10.5 Å². The Bertz CT molecular complexity index is 511. The van der Waals surface area contributed by atoms with E-state index >= 15 is 0 Å². The highest BCUT2D eigenvalue weighted by atomic mass is 35.5. The predicted octanol–water partition coefficient (Wildman–Crippen LogP) is 2.09. The van der Waals surface area contributed by atoms with Crippen LogP contribution in [0.2, 0.25) is 5.02 Å². The van der Waals surface area contributed by atoms with Crippen LogP contribution in [0.5, 0.6) is 0 Å². The van der Waals surface area contributed by atoms with Crippen molar-refractivity contribution in [1.82, 2.24) is 4.90 Å². The predicted molar refractivity (Wildman–Crippen MR) is 71.4 cm³/mol. The topological polar surface area (TPSA) is 83.7 Å². The number of nitrogens with zero attached hydrogens (tertiary/aromatic N) is 2. The average Bonchev–Trinajstić information content (AvgIpc) is 2.24. The van der Waals surface area contributed by atoms with Gasteiger partial charge in [0.2, 0.25) is 0 Å². The first-order valence-electron chi connectivity index (χ1n) is 5.54. The zero-order chi connectivity index (χ0) is 14.8. The number of likely N-dealkylation sites (N-methyl/N-ethyl adjacent to an activating group) is 1. The van der Waals surface area contributed by atoms with Crippen molar-refractivity contribution in [3.63, 3.8) is 0 Å². The number of hydrogen-bond donors (Lipinski definition) is 1. The van der Waals surface area contributed by atoms with Crippen molar-refractivity contribution in [3.05, 3.63) is 38.9 Å². The third kappa shape index (κ3) is 3.90.